The number of carbonyl (C=O) groups excluding carboxylic acids is 3. The molecule has 188 valence electrons. The number of carbonyl (C=O) groups is 3. The van der Waals surface area contributed by atoms with Crippen molar-refractivity contribution in [1.82, 2.24) is 14.8 Å². The summed E-state index contributed by atoms with van der Waals surface area (Å²) in [4.78, 5) is 41.7. The number of fused-ring (bicyclic) bond motifs is 3. The zero-order chi connectivity index (χ0) is 25.4. The number of aromatic nitrogens is 1. The van der Waals surface area contributed by atoms with E-state index in [1.807, 2.05) is 28.8 Å². The van der Waals surface area contributed by atoms with Gasteiger partial charge in [0.15, 0.2) is 0 Å². The molecule has 2 aromatic carbocycles. The van der Waals surface area contributed by atoms with Gasteiger partial charge < -0.3 is 20.1 Å². The van der Waals surface area contributed by atoms with Gasteiger partial charge in [-0.1, -0.05) is 49.6 Å². The van der Waals surface area contributed by atoms with Crippen molar-refractivity contribution in [3.05, 3.63) is 65.6 Å². The first-order chi connectivity index (χ1) is 17.3. The van der Waals surface area contributed by atoms with E-state index in [4.69, 9.17) is 0 Å². The molecule has 2 N–H and O–H groups in total. The van der Waals surface area contributed by atoms with E-state index in [0.717, 1.165) is 36.6 Å². The molecule has 1 fully saturated rings. The Morgan fingerprint density at radius 3 is 2.44 bits per heavy atom. The van der Waals surface area contributed by atoms with Gasteiger partial charge in [-0.3, -0.25) is 14.4 Å². The van der Waals surface area contributed by atoms with Gasteiger partial charge in [-0.15, -0.1) is 0 Å². The van der Waals surface area contributed by atoms with E-state index < -0.39 is 5.54 Å². The number of para-hydroxylation sites is 1. The quantitative estimate of drug-likeness (QED) is 0.548. The van der Waals surface area contributed by atoms with Crippen molar-refractivity contribution < 1.29 is 18.8 Å². The van der Waals surface area contributed by atoms with Crippen LogP contribution in [0.15, 0.2) is 48.5 Å². The minimum absolute atomic E-state index is 0.0867. The minimum atomic E-state index is -1.19. The summed E-state index contributed by atoms with van der Waals surface area (Å²) in [6.07, 6.45) is 5.18. The maximum absolute atomic E-state index is 14.2. The lowest BCUT2D eigenvalue weighted by atomic mass is 9.91. The Hall–Kier alpha value is -3.68. The first kappa shape index (κ1) is 24.0. The van der Waals surface area contributed by atoms with Crippen molar-refractivity contribution in [2.24, 2.45) is 0 Å². The molecule has 1 atom stereocenters. The minimum Gasteiger partial charge on any atom is -0.351 e. The Bertz CT molecular complexity index is 1330. The van der Waals surface area contributed by atoms with E-state index in [2.05, 4.69) is 10.6 Å². The van der Waals surface area contributed by atoms with Crippen LogP contribution in [0, 0.1) is 5.82 Å². The summed E-state index contributed by atoms with van der Waals surface area (Å²) in [6.45, 7) is 3.56. The molecule has 0 spiro atoms. The SMILES string of the molecule is CC(=O)Nc1c2n(c3ccccc13)C[C@](C)(C(=O)NC1CCCCC1)N(Cc1ccc(F)cc1)C2=O. The van der Waals surface area contributed by atoms with Gasteiger partial charge in [0.1, 0.15) is 17.1 Å². The molecule has 0 bridgehead atoms. The first-order valence-corrected chi connectivity index (χ1v) is 12.5. The molecule has 1 aliphatic heterocycles. The number of hydrogen-bond donors (Lipinski definition) is 2. The van der Waals surface area contributed by atoms with Crippen molar-refractivity contribution in [2.75, 3.05) is 5.32 Å². The predicted octanol–water partition coefficient (Wildman–Crippen LogP) is 4.60. The predicted molar refractivity (Wildman–Crippen MR) is 136 cm³/mol. The number of benzene rings is 2. The van der Waals surface area contributed by atoms with Crippen LogP contribution >= 0.6 is 0 Å². The molecule has 1 aliphatic carbocycles. The van der Waals surface area contributed by atoms with Gasteiger partial charge >= 0.3 is 0 Å². The van der Waals surface area contributed by atoms with Crippen LogP contribution in [0.3, 0.4) is 0 Å². The fourth-order valence-electron chi connectivity index (χ4n) is 5.54. The number of nitrogens with zero attached hydrogens (tertiary/aromatic N) is 2. The highest BCUT2D eigenvalue weighted by Gasteiger charge is 2.49. The zero-order valence-corrected chi connectivity index (χ0v) is 20.6. The van der Waals surface area contributed by atoms with Crippen LogP contribution in [-0.4, -0.2) is 38.8 Å². The monoisotopic (exact) mass is 490 g/mol. The van der Waals surface area contributed by atoms with Crippen molar-refractivity contribution in [3.8, 4) is 0 Å². The molecule has 2 aliphatic rings. The first-order valence-electron chi connectivity index (χ1n) is 12.5. The summed E-state index contributed by atoms with van der Waals surface area (Å²) >= 11 is 0. The van der Waals surface area contributed by atoms with E-state index >= 15 is 0 Å². The summed E-state index contributed by atoms with van der Waals surface area (Å²) in [6, 6.07) is 13.5. The standard InChI is InChI=1S/C28H31FN4O3/c1-18(34)30-24-22-10-6-7-11-23(22)32-17-28(2,27(36)31-21-8-4-3-5-9-21)33(26(35)25(24)32)16-19-12-14-20(29)15-13-19/h6-7,10-15,21H,3-5,8-9,16-17H2,1-2H3,(H,30,34)(H,31,36)/t28-/m1/s1. The summed E-state index contributed by atoms with van der Waals surface area (Å²) in [7, 11) is 0. The fraction of sp³-hybridized carbons (Fsp3) is 0.393. The molecule has 0 saturated heterocycles. The second-order valence-electron chi connectivity index (χ2n) is 10.1. The molecular weight excluding hydrogens is 459 g/mol. The number of amides is 3. The van der Waals surface area contributed by atoms with Crippen LogP contribution < -0.4 is 10.6 Å². The van der Waals surface area contributed by atoms with Crippen LogP contribution in [-0.2, 0) is 22.7 Å². The van der Waals surface area contributed by atoms with Gasteiger partial charge in [0, 0.05) is 24.9 Å². The van der Waals surface area contributed by atoms with E-state index in [9.17, 15) is 18.8 Å². The van der Waals surface area contributed by atoms with Gasteiger partial charge in [0.05, 0.1) is 17.7 Å². The highest BCUT2D eigenvalue weighted by atomic mass is 19.1. The summed E-state index contributed by atoms with van der Waals surface area (Å²) in [5, 5.41) is 6.80. The average Bonchev–Trinajstić information content (AvgIpc) is 3.16. The summed E-state index contributed by atoms with van der Waals surface area (Å²) in [5.41, 5.74) is 1.10. The Balaban J connectivity index is 1.61. The lowest BCUT2D eigenvalue weighted by Gasteiger charge is -2.45. The second-order valence-corrected chi connectivity index (χ2v) is 10.1. The van der Waals surface area contributed by atoms with E-state index in [1.54, 1.807) is 24.0 Å². The molecule has 0 unspecified atom stereocenters. The third-order valence-electron chi connectivity index (χ3n) is 7.46. The molecule has 1 saturated carbocycles. The summed E-state index contributed by atoms with van der Waals surface area (Å²) < 4.78 is 15.4. The van der Waals surface area contributed by atoms with Crippen molar-refractivity contribution in [1.29, 1.82) is 0 Å². The largest absolute Gasteiger partial charge is 0.351 e. The third kappa shape index (κ3) is 4.25. The molecule has 2 heterocycles. The smallest absolute Gasteiger partial charge is 0.273 e. The zero-order valence-electron chi connectivity index (χ0n) is 20.6. The van der Waals surface area contributed by atoms with E-state index in [1.165, 1.54) is 25.5 Å². The molecule has 3 aromatic rings. The fourth-order valence-corrected chi connectivity index (χ4v) is 5.54. The van der Waals surface area contributed by atoms with Gasteiger partial charge in [-0.25, -0.2) is 4.39 Å². The lowest BCUT2D eigenvalue weighted by Crippen LogP contribution is -2.64. The second kappa shape index (κ2) is 9.41. The number of anilines is 1. The average molecular weight is 491 g/mol. The van der Waals surface area contributed by atoms with Gasteiger partial charge in [-0.2, -0.15) is 0 Å². The molecule has 0 radical (unpaired) electrons. The van der Waals surface area contributed by atoms with Crippen molar-refractivity contribution in [2.45, 2.75) is 70.6 Å². The molecule has 7 nitrogen and oxygen atoms in total. The molecular formula is C28H31FN4O3. The number of rotatable bonds is 5. The van der Waals surface area contributed by atoms with Crippen molar-refractivity contribution in [3.63, 3.8) is 0 Å². The normalized spacial score (nSPS) is 20.3. The van der Waals surface area contributed by atoms with Crippen LogP contribution in [0.5, 0.6) is 0 Å². The maximum Gasteiger partial charge on any atom is 0.273 e. The molecule has 36 heavy (non-hydrogen) atoms. The third-order valence-corrected chi connectivity index (χ3v) is 7.46. The van der Waals surface area contributed by atoms with E-state index in [-0.39, 0.29) is 42.7 Å². The topological polar surface area (TPSA) is 83.4 Å². The number of halogens is 1. The van der Waals surface area contributed by atoms with Gasteiger partial charge in [-0.05, 0) is 43.5 Å². The Kier molecular flexibility index (Phi) is 6.28. The van der Waals surface area contributed by atoms with Crippen LogP contribution in [0.4, 0.5) is 10.1 Å². The number of nitrogens with one attached hydrogen (secondary N) is 2. The highest BCUT2D eigenvalue weighted by molar-refractivity contribution is 6.14. The Morgan fingerprint density at radius 2 is 1.75 bits per heavy atom. The van der Waals surface area contributed by atoms with Gasteiger partial charge in [0.25, 0.3) is 5.91 Å². The Morgan fingerprint density at radius 1 is 1.06 bits per heavy atom. The maximum atomic E-state index is 14.2. The van der Waals surface area contributed by atoms with Crippen LogP contribution in [0.1, 0.15) is 62.0 Å². The van der Waals surface area contributed by atoms with Crippen LogP contribution in [0.2, 0.25) is 0 Å². The lowest BCUT2D eigenvalue weighted by molar-refractivity contribution is -0.134. The van der Waals surface area contributed by atoms with E-state index in [0.29, 0.717) is 16.9 Å². The molecule has 8 heteroatoms. The molecule has 3 amide bonds. The Labute approximate surface area is 209 Å². The molecule has 1 aromatic heterocycles. The van der Waals surface area contributed by atoms with Crippen LogP contribution in [0.25, 0.3) is 10.9 Å². The number of hydrogen-bond acceptors (Lipinski definition) is 3. The van der Waals surface area contributed by atoms with Gasteiger partial charge in [0.2, 0.25) is 11.8 Å². The summed E-state index contributed by atoms with van der Waals surface area (Å²) in [5.74, 6) is -1.20. The highest BCUT2D eigenvalue weighted by Crippen LogP contribution is 2.39. The van der Waals surface area contributed by atoms with Crippen molar-refractivity contribution >= 4 is 34.3 Å². The molecule has 5 rings (SSSR count).